The Morgan fingerprint density at radius 1 is 1.50 bits per heavy atom. The molecule has 0 aromatic carbocycles. The number of aliphatic hydroxyl groups is 1. The van der Waals surface area contributed by atoms with Gasteiger partial charge >= 0.3 is 12.0 Å². The number of aliphatic carboxylic acids is 1. The highest BCUT2D eigenvalue weighted by Crippen LogP contribution is 1.88. The van der Waals surface area contributed by atoms with Crippen molar-refractivity contribution in [1.29, 1.82) is 0 Å². The first-order valence-electron chi connectivity index (χ1n) is 4.49. The van der Waals surface area contributed by atoms with Crippen molar-refractivity contribution < 1.29 is 19.8 Å². The molecule has 1 heterocycles. The van der Waals surface area contributed by atoms with Crippen LogP contribution >= 0.6 is 0 Å². The number of carbonyl (C=O) groups is 2. The first-order chi connectivity index (χ1) is 7.59. The minimum atomic E-state index is -1.60. The number of aliphatic hydroxyl groups excluding tert-OH is 1. The van der Waals surface area contributed by atoms with E-state index in [9.17, 15) is 9.59 Å². The molecule has 0 radical (unpaired) electrons. The van der Waals surface area contributed by atoms with Gasteiger partial charge in [0.2, 0.25) is 0 Å². The van der Waals surface area contributed by atoms with Gasteiger partial charge < -0.3 is 25.8 Å². The predicted octanol–water partition coefficient (Wildman–Crippen LogP) is -1.35. The van der Waals surface area contributed by atoms with Crippen LogP contribution in [-0.2, 0) is 11.3 Å². The van der Waals surface area contributed by atoms with Gasteiger partial charge in [0.15, 0.2) is 6.10 Å². The second-order valence-corrected chi connectivity index (χ2v) is 2.99. The van der Waals surface area contributed by atoms with Gasteiger partial charge in [0.25, 0.3) is 0 Å². The lowest BCUT2D eigenvalue weighted by molar-refractivity contribution is -0.146. The number of amides is 2. The van der Waals surface area contributed by atoms with E-state index < -0.39 is 18.1 Å². The molecule has 0 bridgehead atoms. The van der Waals surface area contributed by atoms with Crippen LogP contribution < -0.4 is 10.6 Å². The van der Waals surface area contributed by atoms with Crippen LogP contribution in [0.3, 0.4) is 0 Å². The fraction of sp³-hybridized carbons (Fsp3) is 0.375. The Morgan fingerprint density at radius 2 is 2.25 bits per heavy atom. The van der Waals surface area contributed by atoms with E-state index in [-0.39, 0.29) is 13.1 Å². The van der Waals surface area contributed by atoms with E-state index in [0.29, 0.717) is 5.69 Å². The normalized spacial score (nSPS) is 11.8. The van der Waals surface area contributed by atoms with E-state index in [4.69, 9.17) is 10.2 Å². The fourth-order valence-electron chi connectivity index (χ4n) is 0.896. The van der Waals surface area contributed by atoms with Crippen LogP contribution in [0.2, 0.25) is 0 Å². The Morgan fingerprint density at radius 3 is 2.81 bits per heavy atom. The third kappa shape index (κ3) is 3.96. The molecule has 0 unspecified atom stereocenters. The highest BCUT2D eigenvalue weighted by atomic mass is 16.4. The zero-order chi connectivity index (χ0) is 12.0. The van der Waals surface area contributed by atoms with Gasteiger partial charge in [-0.1, -0.05) is 0 Å². The largest absolute Gasteiger partial charge is 0.479 e. The molecule has 0 aliphatic rings. The van der Waals surface area contributed by atoms with Crippen LogP contribution in [0.25, 0.3) is 0 Å². The minimum Gasteiger partial charge on any atom is -0.479 e. The van der Waals surface area contributed by atoms with Gasteiger partial charge in [-0.05, 0) is 0 Å². The molecule has 1 aromatic rings. The second-order valence-electron chi connectivity index (χ2n) is 2.99. The molecule has 0 saturated heterocycles. The molecule has 0 aliphatic heterocycles. The lowest BCUT2D eigenvalue weighted by Gasteiger charge is -2.08. The van der Waals surface area contributed by atoms with Crippen LogP contribution in [0, 0.1) is 0 Å². The monoisotopic (exact) mass is 228 g/mol. The first-order valence-corrected chi connectivity index (χ1v) is 4.49. The summed E-state index contributed by atoms with van der Waals surface area (Å²) in [7, 11) is 0. The molecule has 8 nitrogen and oxygen atoms in total. The van der Waals surface area contributed by atoms with Crippen molar-refractivity contribution >= 4 is 12.0 Å². The van der Waals surface area contributed by atoms with Crippen LogP contribution in [0.5, 0.6) is 0 Å². The molecule has 5 N–H and O–H groups in total. The summed E-state index contributed by atoms with van der Waals surface area (Å²) in [6.07, 6.45) is 1.42. The molecule has 0 fully saturated rings. The maximum Gasteiger partial charge on any atom is 0.334 e. The number of aromatic nitrogens is 2. The Hall–Kier alpha value is -2.09. The van der Waals surface area contributed by atoms with Gasteiger partial charge in [0, 0.05) is 6.20 Å². The van der Waals surface area contributed by atoms with Gasteiger partial charge in [0.1, 0.15) is 0 Å². The number of nitrogens with one attached hydrogen (secondary N) is 3. The smallest absolute Gasteiger partial charge is 0.334 e. The number of H-pyrrole nitrogens is 1. The second kappa shape index (κ2) is 5.71. The average molecular weight is 228 g/mol. The SMILES string of the molecule is O=C(NCc1cnc[nH]1)NC[C@H](O)C(=O)O. The van der Waals surface area contributed by atoms with Gasteiger partial charge in [-0.3, -0.25) is 0 Å². The maximum atomic E-state index is 11.1. The van der Waals surface area contributed by atoms with Gasteiger partial charge in [-0.25, -0.2) is 14.6 Å². The van der Waals surface area contributed by atoms with Crippen molar-refractivity contribution in [2.75, 3.05) is 6.54 Å². The molecular formula is C8H12N4O4. The van der Waals surface area contributed by atoms with E-state index in [1.165, 1.54) is 6.33 Å². The van der Waals surface area contributed by atoms with E-state index >= 15 is 0 Å². The molecule has 8 heteroatoms. The number of hydrogen-bond acceptors (Lipinski definition) is 4. The quantitative estimate of drug-likeness (QED) is 0.426. The van der Waals surface area contributed by atoms with Crippen LogP contribution in [0.1, 0.15) is 5.69 Å². The molecular weight excluding hydrogens is 216 g/mol. The summed E-state index contributed by atoms with van der Waals surface area (Å²) in [5.74, 6) is -1.38. The number of rotatable bonds is 5. The maximum absolute atomic E-state index is 11.1. The molecule has 0 spiro atoms. The van der Waals surface area contributed by atoms with E-state index in [0.717, 1.165) is 0 Å². The predicted molar refractivity (Wildman–Crippen MR) is 52.5 cm³/mol. The van der Waals surface area contributed by atoms with Gasteiger partial charge in [-0.2, -0.15) is 0 Å². The standard InChI is InChI=1S/C8H12N4O4/c13-6(7(14)15)3-11-8(16)10-2-5-1-9-4-12-5/h1,4,6,13H,2-3H2,(H,9,12)(H,14,15)(H2,10,11,16)/t6-/m0/s1. The topological polar surface area (TPSA) is 127 Å². The number of aromatic amines is 1. The Bertz CT molecular complexity index is 351. The van der Waals surface area contributed by atoms with Crippen molar-refractivity contribution in [2.24, 2.45) is 0 Å². The van der Waals surface area contributed by atoms with E-state index in [1.807, 2.05) is 0 Å². The van der Waals surface area contributed by atoms with Crippen LogP contribution in [0.4, 0.5) is 4.79 Å². The summed E-state index contributed by atoms with van der Waals surface area (Å²) < 4.78 is 0. The number of nitrogens with zero attached hydrogens (tertiary/aromatic N) is 1. The first kappa shape index (κ1) is 12.0. The van der Waals surface area contributed by atoms with Crippen molar-refractivity contribution in [3.8, 4) is 0 Å². The highest BCUT2D eigenvalue weighted by Gasteiger charge is 2.13. The van der Waals surface area contributed by atoms with Crippen molar-refractivity contribution in [3.63, 3.8) is 0 Å². The fourth-order valence-corrected chi connectivity index (χ4v) is 0.896. The summed E-state index contributed by atoms with van der Waals surface area (Å²) in [6.45, 7) is -0.0981. The molecule has 2 amide bonds. The third-order valence-electron chi connectivity index (χ3n) is 1.74. The molecule has 1 atom stereocenters. The van der Waals surface area contributed by atoms with E-state index in [1.54, 1.807) is 6.20 Å². The molecule has 0 aliphatic carbocycles. The number of carbonyl (C=O) groups excluding carboxylic acids is 1. The number of carboxylic acid groups (broad SMARTS) is 1. The molecule has 88 valence electrons. The van der Waals surface area contributed by atoms with Crippen LogP contribution in [-0.4, -0.2) is 44.8 Å². The number of carboxylic acids is 1. The summed E-state index contributed by atoms with van der Waals surface area (Å²) in [5.41, 5.74) is 0.717. The van der Waals surface area contributed by atoms with Crippen molar-refractivity contribution in [3.05, 3.63) is 18.2 Å². The Labute approximate surface area is 90.7 Å². The summed E-state index contributed by atoms with van der Waals surface area (Å²) in [5, 5.41) is 21.9. The van der Waals surface area contributed by atoms with Gasteiger partial charge in [-0.15, -0.1) is 0 Å². The average Bonchev–Trinajstić information content (AvgIpc) is 2.75. The molecule has 1 rings (SSSR count). The summed E-state index contributed by atoms with van der Waals surface area (Å²) in [6, 6.07) is -0.560. The Kier molecular flexibility index (Phi) is 4.28. The Balaban J connectivity index is 2.19. The lowest BCUT2D eigenvalue weighted by Crippen LogP contribution is -2.41. The van der Waals surface area contributed by atoms with Gasteiger partial charge in [0.05, 0.1) is 25.1 Å². The van der Waals surface area contributed by atoms with Crippen LogP contribution in [0.15, 0.2) is 12.5 Å². The zero-order valence-corrected chi connectivity index (χ0v) is 8.30. The summed E-state index contributed by atoms with van der Waals surface area (Å²) >= 11 is 0. The van der Waals surface area contributed by atoms with Crippen molar-refractivity contribution in [1.82, 2.24) is 20.6 Å². The number of urea groups is 1. The molecule has 1 aromatic heterocycles. The highest BCUT2D eigenvalue weighted by molar-refractivity contribution is 5.76. The molecule has 0 saturated carbocycles. The zero-order valence-electron chi connectivity index (χ0n) is 8.30. The van der Waals surface area contributed by atoms with Crippen molar-refractivity contribution in [2.45, 2.75) is 12.6 Å². The molecule has 16 heavy (non-hydrogen) atoms. The minimum absolute atomic E-state index is 0.245. The van der Waals surface area contributed by atoms with E-state index in [2.05, 4.69) is 20.6 Å². The third-order valence-corrected chi connectivity index (χ3v) is 1.74. The number of imidazole rings is 1. The summed E-state index contributed by atoms with van der Waals surface area (Å²) in [4.78, 5) is 27.9. The number of hydrogen-bond donors (Lipinski definition) is 5. The lowest BCUT2D eigenvalue weighted by atomic mass is 10.3.